The molecule has 4 heteroatoms. The second kappa shape index (κ2) is 2.74. The summed E-state index contributed by atoms with van der Waals surface area (Å²) >= 11 is 0. The number of rotatable bonds is 1. The molecule has 2 heterocycles. The van der Waals surface area contributed by atoms with Gasteiger partial charge < -0.3 is 14.2 Å². The minimum atomic E-state index is -0.489. The van der Waals surface area contributed by atoms with Crippen molar-refractivity contribution in [2.75, 3.05) is 13.2 Å². The molecule has 3 atom stereocenters. The van der Waals surface area contributed by atoms with Gasteiger partial charge in [-0.25, -0.2) is 0 Å². The summed E-state index contributed by atoms with van der Waals surface area (Å²) in [6.45, 7) is 5.00. The Labute approximate surface area is 88.9 Å². The van der Waals surface area contributed by atoms with Crippen LogP contribution in [0.2, 0.25) is 0 Å². The fraction of sp³-hybridized carbons (Fsp3) is 0.909. The van der Waals surface area contributed by atoms with Crippen molar-refractivity contribution in [3.05, 3.63) is 0 Å². The molecule has 0 amide bonds. The summed E-state index contributed by atoms with van der Waals surface area (Å²) in [5.41, 5.74) is -0.214. The lowest BCUT2D eigenvalue weighted by atomic mass is 10.00. The highest BCUT2D eigenvalue weighted by molar-refractivity contribution is 5.82. The van der Waals surface area contributed by atoms with E-state index in [1.807, 2.05) is 13.8 Å². The Hall–Kier alpha value is -0.610. The first-order valence-corrected chi connectivity index (χ1v) is 5.53. The van der Waals surface area contributed by atoms with Gasteiger partial charge in [-0.2, -0.15) is 0 Å². The molecular weight excluding hydrogens is 196 g/mol. The van der Waals surface area contributed by atoms with E-state index in [9.17, 15) is 4.79 Å². The average molecular weight is 212 g/mol. The molecule has 2 aliphatic heterocycles. The second-order valence-electron chi connectivity index (χ2n) is 5.22. The molecule has 3 rings (SSSR count). The Morgan fingerprint density at radius 3 is 2.73 bits per heavy atom. The van der Waals surface area contributed by atoms with Crippen LogP contribution in [0.1, 0.15) is 26.7 Å². The molecular formula is C11H16O4. The third-order valence-corrected chi connectivity index (χ3v) is 3.80. The molecule has 0 radical (unpaired) electrons. The van der Waals surface area contributed by atoms with Crippen molar-refractivity contribution in [1.29, 1.82) is 0 Å². The van der Waals surface area contributed by atoms with Gasteiger partial charge in [0, 0.05) is 5.92 Å². The smallest absolute Gasteiger partial charge is 0.312 e. The summed E-state index contributed by atoms with van der Waals surface area (Å²) in [5.74, 6) is -0.202. The first-order chi connectivity index (χ1) is 7.04. The molecule has 3 fully saturated rings. The lowest BCUT2D eigenvalue weighted by Crippen LogP contribution is -2.25. The number of cyclic esters (lactones) is 1. The van der Waals surface area contributed by atoms with E-state index >= 15 is 0 Å². The minimum absolute atomic E-state index is 0.0270. The first kappa shape index (κ1) is 9.60. The summed E-state index contributed by atoms with van der Waals surface area (Å²) in [6.07, 6.45) is 1.85. The monoisotopic (exact) mass is 212 g/mol. The van der Waals surface area contributed by atoms with E-state index in [4.69, 9.17) is 14.2 Å². The van der Waals surface area contributed by atoms with Gasteiger partial charge in [-0.1, -0.05) is 0 Å². The van der Waals surface area contributed by atoms with Crippen molar-refractivity contribution in [3.8, 4) is 0 Å². The molecule has 15 heavy (non-hydrogen) atoms. The molecule has 1 saturated carbocycles. The van der Waals surface area contributed by atoms with Crippen LogP contribution < -0.4 is 0 Å². The van der Waals surface area contributed by atoms with Gasteiger partial charge >= 0.3 is 5.97 Å². The van der Waals surface area contributed by atoms with Crippen LogP contribution in [0.25, 0.3) is 0 Å². The zero-order valence-corrected chi connectivity index (χ0v) is 9.12. The lowest BCUT2D eigenvalue weighted by Gasteiger charge is -2.17. The SMILES string of the molecule is CC1(C)OC[C@H]([C@@H]2C[C@]23CCOC3=O)O1. The molecule has 0 aromatic rings. The summed E-state index contributed by atoms with van der Waals surface area (Å²) in [6, 6.07) is 0. The highest BCUT2D eigenvalue weighted by atomic mass is 16.7. The first-order valence-electron chi connectivity index (χ1n) is 5.53. The minimum Gasteiger partial charge on any atom is -0.465 e. The van der Waals surface area contributed by atoms with E-state index in [0.717, 1.165) is 12.8 Å². The van der Waals surface area contributed by atoms with Gasteiger partial charge in [0.15, 0.2) is 5.79 Å². The molecule has 0 unspecified atom stereocenters. The van der Waals surface area contributed by atoms with Crippen molar-refractivity contribution >= 4 is 5.97 Å². The van der Waals surface area contributed by atoms with Gasteiger partial charge in [-0.05, 0) is 26.7 Å². The van der Waals surface area contributed by atoms with Crippen LogP contribution in [0.4, 0.5) is 0 Å². The molecule has 84 valence electrons. The van der Waals surface area contributed by atoms with Crippen LogP contribution in [-0.2, 0) is 19.0 Å². The number of ether oxygens (including phenoxy) is 3. The van der Waals surface area contributed by atoms with E-state index < -0.39 is 5.79 Å². The predicted octanol–water partition coefficient (Wildman–Crippen LogP) is 1.09. The number of hydrogen-bond acceptors (Lipinski definition) is 4. The topological polar surface area (TPSA) is 44.8 Å². The van der Waals surface area contributed by atoms with Crippen molar-refractivity contribution in [3.63, 3.8) is 0 Å². The zero-order valence-electron chi connectivity index (χ0n) is 9.12. The standard InChI is InChI=1S/C11H16O4/c1-10(2)14-6-8(15-10)7-5-11(7)3-4-13-9(11)12/h7-8H,3-6H2,1-2H3/t7-,8+,11+/m0/s1. The number of hydrogen-bond donors (Lipinski definition) is 0. The van der Waals surface area contributed by atoms with Crippen LogP contribution in [0.5, 0.6) is 0 Å². The van der Waals surface area contributed by atoms with Gasteiger partial charge in [0.25, 0.3) is 0 Å². The summed E-state index contributed by atoms with van der Waals surface area (Å²) < 4.78 is 16.3. The molecule has 1 spiro atoms. The van der Waals surface area contributed by atoms with Gasteiger partial charge in [-0.3, -0.25) is 4.79 Å². The van der Waals surface area contributed by atoms with Crippen molar-refractivity contribution < 1.29 is 19.0 Å². The van der Waals surface area contributed by atoms with Crippen LogP contribution in [-0.4, -0.2) is 31.1 Å². The Balaban J connectivity index is 1.70. The van der Waals surface area contributed by atoms with Gasteiger partial charge in [0.2, 0.25) is 0 Å². The van der Waals surface area contributed by atoms with Gasteiger partial charge in [0.05, 0.1) is 24.7 Å². The fourth-order valence-corrected chi connectivity index (χ4v) is 2.83. The van der Waals surface area contributed by atoms with Crippen LogP contribution in [0.15, 0.2) is 0 Å². The third kappa shape index (κ3) is 1.31. The van der Waals surface area contributed by atoms with E-state index in [-0.39, 0.29) is 17.5 Å². The summed E-state index contributed by atoms with van der Waals surface area (Å²) in [4.78, 5) is 11.6. The molecule has 4 nitrogen and oxygen atoms in total. The second-order valence-corrected chi connectivity index (χ2v) is 5.22. The highest BCUT2D eigenvalue weighted by Gasteiger charge is 2.67. The molecule has 3 aliphatic rings. The normalized spacial score (nSPS) is 47.2. The highest BCUT2D eigenvalue weighted by Crippen LogP contribution is 2.61. The Kier molecular flexibility index (Phi) is 1.75. The molecule has 2 saturated heterocycles. The van der Waals surface area contributed by atoms with E-state index in [0.29, 0.717) is 19.1 Å². The van der Waals surface area contributed by atoms with Crippen LogP contribution in [0, 0.1) is 11.3 Å². The molecule has 0 bridgehead atoms. The predicted molar refractivity (Wildman–Crippen MR) is 51.0 cm³/mol. The number of carbonyl (C=O) groups is 1. The van der Waals surface area contributed by atoms with E-state index in [1.165, 1.54) is 0 Å². The molecule has 0 aromatic heterocycles. The fourth-order valence-electron chi connectivity index (χ4n) is 2.83. The Morgan fingerprint density at radius 2 is 2.20 bits per heavy atom. The largest absolute Gasteiger partial charge is 0.465 e. The summed E-state index contributed by atoms with van der Waals surface area (Å²) in [7, 11) is 0. The zero-order chi connectivity index (χ0) is 10.7. The maximum atomic E-state index is 11.6. The number of esters is 1. The average Bonchev–Trinajstić information content (AvgIpc) is 2.61. The third-order valence-electron chi connectivity index (χ3n) is 3.80. The van der Waals surface area contributed by atoms with Crippen molar-refractivity contribution in [1.82, 2.24) is 0 Å². The van der Waals surface area contributed by atoms with Gasteiger partial charge in [0.1, 0.15) is 0 Å². The quantitative estimate of drug-likeness (QED) is 0.610. The van der Waals surface area contributed by atoms with E-state index in [2.05, 4.69) is 0 Å². The maximum absolute atomic E-state index is 11.6. The Bertz CT molecular complexity index is 312. The van der Waals surface area contributed by atoms with E-state index in [1.54, 1.807) is 0 Å². The Morgan fingerprint density at radius 1 is 1.40 bits per heavy atom. The number of carbonyl (C=O) groups excluding carboxylic acids is 1. The van der Waals surface area contributed by atoms with Gasteiger partial charge in [-0.15, -0.1) is 0 Å². The maximum Gasteiger partial charge on any atom is 0.312 e. The van der Waals surface area contributed by atoms with Crippen molar-refractivity contribution in [2.45, 2.75) is 38.6 Å². The lowest BCUT2D eigenvalue weighted by molar-refractivity contribution is -0.148. The van der Waals surface area contributed by atoms with Crippen molar-refractivity contribution in [2.24, 2.45) is 11.3 Å². The summed E-state index contributed by atoms with van der Waals surface area (Å²) in [5, 5.41) is 0. The molecule has 0 aromatic carbocycles. The molecule has 1 aliphatic carbocycles. The van der Waals surface area contributed by atoms with Crippen LogP contribution >= 0.6 is 0 Å². The molecule has 0 N–H and O–H groups in total. The van der Waals surface area contributed by atoms with Crippen LogP contribution in [0.3, 0.4) is 0 Å².